The summed E-state index contributed by atoms with van der Waals surface area (Å²) in [7, 11) is 0. The van der Waals surface area contributed by atoms with Crippen molar-refractivity contribution < 1.29 is 5.11 Å². The Bertz CT molecular complexity index is 509. The minimum atomic E-state index is -0.321. The number of hydrogen-bond donors (Lipinski definition) is 2. The lowest BCUT2D eigenvalue weighted by Crippen LogP contribution is -2.32. The second-order valence-electron chi connectivity index (χ2n) is 5.29. The Labute approximate surface area is 118 Å². The van der Waals surface area contributed by atoms with Crippen molar-refractivity contribution in [2.75, 3.05) is 6.54 Å². The molecule has 0 aliphatic heterocycles. The lowest BCUT2D eigenvalue weighted by Gasteiger charge is -2.19. The fraction of sp³-hybridized carbons (Fsp3) is 0.500. The third-order valence-corrected chi connectivity index (χ3v) is 3.41. The van der Waals surface area contributed by atoms with Crippen molar-refractivity contribution in [2.45, 2.75) is 32.9 Å². The zero-order chi connectivity index (χ0) is 14.5. The number of nitrogens with zero attached hydrogens (tertiary/aromatic N) is 4. The number of aliphatic hydroxyl groups is 1. The highest BCUT2D eigenvalue weighted by Gasteiger charge is 2.11. The Balaban J connectivity index is 1.96. The SMILES string of the molecule is CC(NCC(O)C(C)C)c1ccc(-n2cnnn2)cc1. The average Bonchev–Trinajstić information content (AvgIpc) is 2.98. The predicted molar refractivity (Wildman–Crippen MR) is 76.4 cm³/mol. The summed E-state index contributed by atoms with van der Waals surface area (Å²) in [6.45, 7) is 6.70. The lowest BCUT2D eigenvalue weighted by molar-refractivity contribution is 0.120. The molecule has 0 bridgehead atoms. The van der Waals surface area contributed by atoms with Gasteiger partial charge in [-0.1, -0.05) is 26.0 Å². The number of tetrazole rings is 1. The van der Waals surface area contributed by atoms with Crippen LogP contribution in [0.25, 0.3) is 5.69 Å². The summed E-state index contributed by atoms with van der Waals surface area (Å²) in [5.41, 5.74) is 2.09. The van der Waals surface area contributed by atoms with E-state index in [1.54, 1.807) is 11.0 Å². The zero-order valence-electron chi connectivity index (χ0n) is 12.1. The van der Waals surface area contributed by atoms with Crippen LogP contribution in [0.5, 0.6) is 0 Å². The van der Waals surface area contributed by atoms with Gasteiger partial charge < -0.3 is 10.4 Å². The van der Waals surface area contributed by atoms with Gasteiger partial charge >= 0.3 is 0 Å². The van der Waals surface area contributed by atoms with E-state index in [1.165, 1.54) is 0 Å². The van der Waals surface area contributed by atoms with Gasteiger partial charge in [-0.3, -0.25) is 0 Å². The van der Waals surface area contributed by atoms with Crippen molar-refractivity contribution in [2.24, 2.45) is 5.92 Å². The van der Waals surface area contributed by atoms with Gasteiger partial charge in [-0.15, -0.1) is 5.10 Å². The van der Waals surface area contributed by atoms with Crippen LogP contribution in [0.1, 0.15) is 32.4 Å². The first-order valence-corrected chi connectivity index (χ1v) is 6.82. The molecule has 1 heterocycles. The van der Waals surface area contributed by atoms with Crippen molar-refractivity contribution in [1.29, 1.82) is 0 Å². The topological polar surface area (TPSA) is 75.9 Å². The second kappa shape index (κ2) is 6.58. The summed E-state index contributed by atoms with van der Waals surface area (Å²) in [4.78, 5) is 0. The minimum Gasteiger partial charge on any atom is -0.392 e. The number of rotatable bonds is 6. The third-order valence-electron chi connectivity index (χ3n) is 3.41. The molecular weight excluding hydrogens is 254 g/mol. The Morgan fingerprint density at radius 2 is 1.90 bits per heavy atom. The Morgan fingerprint density at radius 1 is 1.20 bits per heavy atom. The molecule has 2 unspecified atom stereocenters. The van der Waals surface area contributed by atoms with Crippen molar-refractivity contribution >= 4 is 0 Å². The number of benzene rings is 1. The normalized spacial score (nSPS) is 14.4. The highest BCUT2D eigenvalue weighted by Crippen LogP contribution is 2.15. The van der Waals surface area contributed by atoms with Gasteiger partial charge in [-0.05, 0) is 41.0 Å². The standard InChI is InChI=1S/C14H21N5O/c1-10(2)14(20)8-15-11(3)12-4-6-13(7-5-12)19-9-16-17-18-19/h4-7,9-11,14-15,20H,8H2,1-3H3. The van der Waals surface area contributed by atoms with E-state index < -0.39 is 0 Å². The quantitative estimate of drug-likeness (QED) is 0.832. The van der Waals surface area contributed by atoms with Crippen LogP contribution in [0.15, 0.2) is 30.6 Å². The van der Waals surface area contributed by atoms with Crippen LogP contribution in [0.4, 0.5) is 0 Å². The van der Waals surface area contributed by atoms with Gasteiger partial charge in [0.1, 0.15) is 6.33 Å². The van der Waals surface area contributed by atoms with Gasteiger partial charge in [0.25, 0.3) is 0 Å². The number of hydrogen-bond acceptors (Lipinski definition) is 5. The van der Waals surface area contributed by atoms with Gasteiger partial charge in [0.2, 0.25) is 0 Å². The molecular formula is C14H21N5O. The van der Waals surface area contributed by atoms with Gasteiger partial charge in [0.05, 0.1) is 11.8 Å². The molecule has 2 N–H and O–H groups in total. The molecule has 6 heteroatoms. The molecule has 0 amide bonds. The number of aliphatic hydroxyl groups excluding tert-OH is 1. The molecule has 0 spiro atoms. The molecule has 20 heavy (non-hydrogen) atoms. The van der Waals surface area contributed by atoms with E-state index in [9.17, 15) is 5.11 Å². The summed E-state index contributed by atoms with van der Waals surface area (Å²) in [6, 6.07) is 8.21. The maximum Gasteiger partial charge on any atom is 0.143 e. The molecule has 0 aliphatic rings. The molecule has 1 aromatic carbocycles. The van der Waals surface area contributed by atoms with Crippen LogP contribution in [0, 0.1) is 5.92 Å². The van der Waals surface area contributed by atoms with Gasteiger partial charge in [-0.2, -0.15) is 0 Å². The predicted octanol–water partition coefficient (Wildman–Crippen LogP) is 1.33. The molecule has 6 nitrogen and oxygen atoms in total. The van der Waals surface area contributed by atoms with Crippen molar-refractivity contribution in [3.63, 3.8) is 0 Å². The summed E-state index contributed by atoms with van der Waals surface area (Å²) in [5, 5.41) is 24.2. The molecule has 0 saturated carbocycles. The largest absolute Gasteiger partial charge is 0.392 e. The van der Waals surface area contributed by atoms with E-state index in [0.717, 1.165) is 11.3 Å². The monoisotopic (exact) mass is 275 g/mol. The maximum atomic E-state index is 9.80. The van der Waals surface area contributed by atoms with Crippen LogP contribution >= 0.6 is 0 Å². The molecule has 0 radical (unpaired) electrons. The Morgan fingerprint density at radius 3 is 2.45 bits per heavy atom. The van der Waals surface area contributed by atoms with E-state index in [4.69, 9.17) is 0 Å². The molecule has 2 atom stereocenters. The van der Waals surface area contributed by atoms with Gasteiger partial charge in [0, 0.05) is 12.6 Å². The first kappa shape index (κ1) is 14.6. The summed E-state index contributed by atoms with van der Waals surface area (Å²) >= 11 is 0. The first-order chi connectivity index (χ1) is 9.58. The van der Waals surface area contributed by atoms with E-state index in [2.05, 4.69) is 27.8 Å². The minimum absolute atomic E-state index is 0.186. The summed E-state index contributed by atoms with van der Waals surface area (Å²) < 4.78 is 1.62. The molecule has 2 aromatic rings. The van der Waals surface area contributed by atoms with Crippen molar-refractivity contribution in [3.05, 3.63) is 36.2 Å². The van der Waals surface area contributed by atoms with E-state index in [0.29, 0.717) is 6.54 Å². The van der Waals surface area contributed by atoms with E-state index in [1.807, 2.05) is 38.1 Å². The van der Waals surface area contributed by atoms with Crippen LogP contribution < -0.4 is 5.32 Å². The molecule has 0 fully saturated rings. The van der Waals surface area contributed by atoms with E-state index in [-0.39, 0.29) is 18.1 Å². The average molecular weight is 275 g/mol. The molecule has 1 aromatic heterocycles. The summed E-state index contributed by atoms with van der Waals surface area (Å²) in [5.74, 6) is 0.261. The first-order valence-electron chi connectivity index (χ1n) is 6.82. The van der Waals surface area contributed by atoms with Crippen LogP contribution in [0.2, 0.25) is 0 Å². The van der Waals surface area contributed by atoms with Gasteiger partial charge in [-0.25, -0.2) is 4.68 Å². The molecule has 2 rings (SSSR count). The van der Waals surface area contributed by atoms with Crippen LogP contribution in [-0.4, -0.2) is 38.0 Å². The fourth-order valence-corrected chi connectivity index (χ4v) is 1.85. The van der Waals surface area contributed by atoms with Crippen LogP contribution in [-0.2, 0) is 0 Å². The van der Waals surface area contributed by atoms with Crippen LogP contribution in [0.3, 0.4) is 0 Å². The maximum absolute atomic E-state index is 9.80. The van der Waals surface area contributed by atoms with E-state index >= 15 is 0 Å². The smallest absolute Gasteiger partial charge is 0.143 e. The highest BCUT2D eigenvalue weighted by atomic mass is 16.3. The third kappa shape index (κ3) is 3.61. The van der Waals surface area contributed by atoms with Crippen molar-refractivity contribution in [3.8, 4) is 5.69 Å². The highest BCUT2D eigenvalue weighted by molar-refractivity contribution is 5.34. The molecule has 108 valence electrons. The van der Waals surface area contributed by atoms with Gasteiger partial charge in [0.15, 0.2) is 0 Å². The number of aromatic nitrogens is 4. The zero-order valence-corrected chi connectivity index (χ0v) is 12.1. The Hall–Kier alpha value is -1.79. The molecule has 0 saturated heterocycles. The fourth-order valence-electron chi connectivity index (χ4n) is 1.85. The Kier molecular flexibility index (Phi) is 4.81. The second-order valence-corrected chi connectivity index (χ2v) is 5.29. The lowest BCUT2D eigenvalue weighted by atomic mass is 10.1. The number of nitrogens with one attached hydrogen (secondary N) is 1. The molecule has 0 aliphatic carbocycles. The van der Waals surface area contributed by atoms with Crippen molar-refractivity contribution in [1.82, 2.24) is 25.5 Å². The summed E-state index contributed by atoms with van der Waals surface area (Å²) in [6.07, 6.45) is 1.24.